The summed E-state index contributed by atoms with van der Waals surface area (Å²) < 4.78 is 0. The van der Waals surface area contributed by atoms with Crippen molar-refractivity contribution in [1.29, 1.82) is 0 Å². The second-order valence-electron chi connectivity index (χ2n) is 3.74. The van der Waals surface area contributed by atoms with Crippen molar-refractivity contribution < 1.29 is 9.90 Å². The SMILES string of the molecule is Cc1ccc(Sc2cc(C(=O)O)cc(Cl)n2)cc1. The average Bonchev–Trinajstić information content (AvgIpc) is 2.31. The highest BCUT2D eigenvalue weighted by Gasteiger charge is 2.08. The molecular weight excluding hydrogens is 270 g/mol. The van der Waals surface area contributed by atoms with Crippen LogP contribution in [0.4, 0.5) is 0 Å². The molecule has 0 amide bonds. The topological polar surface area (TPSA) is 50.2 Å². The fourth-order valence-corrected chi connectivity index (χ4v) is 2.48. The number of aromatic nitrogens is 1. The third-order valence-corrected chi connectivity index (χ3v) is 3.38. The van der Waals surface area contributed by atoms with Gasteiger partial charge in [-0.05, 0) is 31.2 Å². The summed E-state index contributed by atoms with van der Waals surface area (Å²) >= 11 is 7.18. The minimum absolute atomic E-state index is 0.143. The van der Waals surface area contributed by atoms with Gasteiger partial charge in [0.15, 0.2) is 0 Å². The molecule has 0 bridgehead atoms. The van der Waals surface area contributed by atoms with Gasteiger partial charge < -0.3 is 5.11 Å². The number of rotatable bonds is 3. The van der Waals surface area contributed by atoms with E-state index in [9.17, 15) is 4.79 Å². The normalized spacial score (nSPS) is 10.3. The Morgan fingerprint density at radius 2 is 1.94 bits per heavy atom. The van der Waals surface area contributed by atoms with Crippen LogP contribution in [0.2, 0.25) is 5.15 Å². The lowest BCUT2D eigenvalue weighted by Crippen LogP contribution is -1.97. The van der Waals surface area contributed by atoms with Gasteiger partial charge in [-0.3, -0.25) is 0 Å². The van der Waals surface area contributed by atoms with Gasteiger partial charge in [-0.25, -0.2) is 9.78 Å². The van der Waals surface area contributed by atoms with E-state index in [0.29, 0.717) is 5.03 Å². The van der Waals surface area contributed by atoms with Crippen molar-refractivity contribution >= 4 is 29.3 Å². The fourth-order valence-electron chi connectivity index (χ4n) is 1.38. The monoisotopic (exact) mass is 279 g/mol. The number of halogens is 1. The molecule has 2 rings (SSSR count). The Morgan fingerprint density at radius 1 is 1.28 bits per heavy atom. The first-order chi connectivity index (χ1) is 8.54. The molecule has 0 unspecified atom stereocenters. The number of carboxylic acids is 1. The first-order valence-electron chi connectivity index (χ1n) is 5.20. The number of pyridine rings is 1. The lowest BCUT2D eigenvalue weighted by atomic mass is 10.2. The minimum atomic E-state index is -1.01. The lowest BCUT2D eigenvalue weighted by molar-refractivity contribution is 0.0696. The Labute approximate surface area is 114 Å². The Morgan fingerprint density at radius 3 is 2.56 bits per heavy atom. The maximum Gasteiger partial charge on any atom is 0.335 e. The van der Waals surface area contributed by atoms with Crippen LogP contribution in [-0.2, 0) is 0 Å². The van der Waals surface area contributed by atoms with Gasteiger partial charge in [0.25, 0.3) is 0 Å². The molecule has 0 fully saturated rings. The zero-order chi connectivity index (χ0) is 13.1. The molecule has 0 spiro atoms. The predicted molar refractivity (Wildman–Crippen MR) is 71.5 cm³/mol. The highest BCUT2D eigenvalue weighted by atomic mass is 35.5. The Hall–Kier alpha value is -1.52. The summed E-state index contributed by atoms with van der Waals surface area (Å²) in [5.41, 5.74) is 1.31. The highest BCUT2D eigenvalue weighted by molar-refractivity contribution is 7.99. The Kier molecular flexibility index (Phi) is 3.89. The van der Waals surface area contributed by atoms with E-state index in [1.807, 2.05) is 31.2 Å². The first-order valence-corrected chi connectivity index (χ1v) is 6.39. The van der Waals surface area contributed by atoms with Crippen molar-refractivity contribution in [2.45, 2.75) is 16.8 Å². The lowest BCUT2D eigenvalue weighted by Gasteiger charge is -2.03. The molecule has 0 saturated heterocycles. The van der Waals surface area contributed by atoms with Gasteiger partial charge in [-0.2, -0.15) is 0 Å². The molecular formula is C13H10ClNO2S. The van der Waals surface area contributed by atoms with Crippen LogP contribution in [0.1, 0.15) is 15.9 Å². The number of aromatic carboxylic acids is 1. The van der Waals surface area contributed by atoms with E-state index in [1.54, 1.807) is 0 Å². The molecule has 2 aromatic rings. The van der Waals surface area contributed by atoms with E-state index in [1.165, 1.54) is 29.5 Å². The average molecular weight is 280 g/mol. The van der Waals surface area contributed by atoms with Gasteiger partial charge in [-0.15, -0.1) is 0 Å². The van der Waals surface area contributed by atoms with Gasteiger partial charge in [0.05, 0.1) is 5.56 Å². The maximum atomic E-state index is 10.9. The molecule has 1 aromatic heterocycles. The number of nitrogens with zero attached hydrogens (tertiary/aromatic N) is 1. The molecule has 5 heteroatoms. The summed E-state index contributed by atoms with van der Waals surface area (Å²) in [6.07, 6.45) is 0. The van der Waals surface area contributed by atoms with Crippen molar-refractivity contribution in [2.24, 2.45) is 0 Å². The van der Waals surface area contributed by atoms with Crippen molar-refractivity contribution in [1.82, 2.24) is 4.98 Å². The van der Waals surface area contributed by atoms with Crippen LogP contribution in [0.25, 0.3) is 0 Å². The van der Waals surface area contributed by atoms with Gasteiger partial charge in [0.2, 0.25) is 0 Å². The predicted octanol–water partition coefficient (Wildman–Crippen LogP) is 3.89. The van der Waals surface area contributed by atoms with Crippen molar-refractivity contribution in [3.05, 3.63) is 52.7 Å². The molecule has 18 heavy (non-hydrogen) atoms. The van der Waals surface area contributed by atoms with E-state index in [2.05, 4.69) is 4.98 Å². The summed E-state index contributed by atoms with van der Waals surface area (Å²) in [6, 6.07) is 10.8. The summed E-state index contributed by atoms with van der Waals surface area (Å²) in [6.45, 7) is 2.01. The summed E-state index contributed by atoms with van der Waals surface area (Å²) in [4.78, 5) is 16.0. The van der Waals surface area contributed by atoms with Gasteiger partial charge in [-0.1, -0.05) is 41.1 Å². The summed E-state index contributed by atoms with van der Waals surface area (Å²) in [7, 11) is 0. The summed E-state index contributed by atoms with van der Waals surface area (Å²) in [5.74, 6) is -1.01. The highest BCUT2D eigenvalue weighted by Crippen LogP contribution is 2.28. The van der Waals surface area contributed by atoms with Gasteiger partial charge >= 0.3 is 5.97 Å². The Balaban J connectivity index is 2.28. The number of carboxylic acid groups (broad SMARTS) is 1. The molecule has 1 N–H and O–H groups in total. The number of carbonyl (C=O) groups is 1. The van der Waals surface area contributed by atoms with Crippen LogP contribution in [0.5, 0.6) is 0 Å². The first kappa shape index (κ1) is 12.9. The van der Waals surface area contributed by atoms with Crippen molar-refractivity contribution in [3.63, 3.8) is 0 Å². The van der Waals surface area contributed by atoms with Crippen LogP contribution < -0.4 is 0 Å². The molecule has 0 radical (unpaired) electrons. The van der Waals surface area contributed by atoms with Crippen molar-refractivity contribution in [2.75, 3.05) is 0 Å². The van der Waals surface area contributed by atoms with E-state index in [4.69, 9.17) is 16.7 Å². The second kappa shape index (κ2) is 5.42. The molecule has 3 nitrogen and oxygen atoms in total. The third-order valence-electron chi connectivity index (χ3n) is 2.26. The zero-order valence-electron chi connectivity index (χ0n) is 9.55. The fraction of sp³-hybridized carbons (Fsp3) is 0.0769. The molecule has 0 saturated carbocycles. The molecule has 1 heterocycles. The second-order valence-corrected chi connectivity index (χ2v) is 5.22. The Bertz CT molecular complexity index is 584. The van der Waals surface area contributed by atoms with E-state index in [-0.39, 0.29) is 10.7 Å². The smallest absolute Gasteiger partial charge is 0.335 e. The van der Waals surface area contributed by atoms with Crippen LogP contribution in [0.15, 0.2) is 46.3 Å². The van der Waals surface area contributed by atoms with Crippen LogP contribution in [-0.4, -0.2) is 16.1 Å². The van der Waals surface area contributed by atoms with Crippen LogP contribution >= 0.6 is 23.4 Å². The molecule has 0 aliphatic heterocycles. The summed E-state index contributed by atoms with van der Waals surface area (Å²) in [5, 5.41) is 9.70. The molecule has 0 atom stereocenters. The van der Waals surface area contributed by atoms with Crippen molar-refractivity contribution in [3.8, 4) is 0 Å². The number of benzene rings is 1. The number of hydrogen-bond donors (Lipinski definition) is 1. The largest absolute Gasteiger partial charge is 0.478 e. The van der Waals surface area contributed by atoms with Gasteiger partial charge in [0.1, 0.15) is 10.2 Å². The quantitative estimate of drug-likeness (QED) is 0.866. The standard InChI is InChI=1S/C13H10ClNO2S/c1-8-2-4-10(5-3-8)18-12-7-9(13(16)17)6-11(14)15-12/h2-7H,1H3,(H,16,17). The van der Waals surface area contributed by atoms with Crippen LogP contribution in [0.3, 0.4) is 0 Å². The van der Waals surface area contributed by atoms with Crippen LogP contribution in [0, 0.1) is 6.92 Å². The van der Waals surface area contributed by atoms with Gasteiger partial charge in [0, 0.05) is 4.90 Å². The van der Waals surface area contributed by atoms with E-state index in [0.717, 1.165) is 4.90 Å². The van der Waals surface area contributed by atoms with E-state index < -0.39 is 5.97 Å². The molecule has 92 valence electrons. The molecule has 0 aliphatic rings. The van der Waals surface area contributed by atoms with E-state index >= 15 is 0 Å². The third kappa shape index (κ3) is 3.24. The number of hydrogen-bond acceptors (Lipinski definition) is 3. The maximum absolute atomic E-state index is 10.9. The minimum Gasteiger partial charge on any atom is -0.478 e. The molecule has 0 aliphatic carbocycles. The number of aryl methyl sites for hydroxylation is 1. The zero-order valence-corrected chi connectivity index (χ0v) is 11.1. The molecule has 1 aromatic carbocycles.